The quantitative estimate of drug-likeness (QED) is 0.346. The number of aliphatic imine (C=N–C) groups is 1. The van der Waals surface area contributed by atoms with Crippen LogP contribution in [0.15, 0.2) is 9.52 Å². The van der Waals surface area contributed by atoms with E-state index in [0.717, 1.165) is 25.0 Å². The van der Waals surface area contributed by atoms with Crippen LogP contribution in [0.25, 0.3) is 0 Å². The second-order valence-electron chi connectivity index (χ2n) is 7.51. The molecule has 2 aliphatic rings. The van der Waals surface area contributed by atoms with Crippen LogP contribution in [-0.4, -0.2) is 72.3 Å². The normalized spacial score (nSPS) is 22.2. The second-order valence-corrected chi connectivity index (χ2v) is 7.51. The third-order valence-electron chi connectivity index (χ3n) is 5.42. The fourth-order valence-corrected chi connectivity index (χ4v) is 4.00. The minimum Gasteiger partial charge on any atom is -0.371 e. The van der Waals surface area contributed by atoms with Crippen molar-refractivity contribution in [2.45, 2.75) is 52.2 Å². The summed E-state index contributed by atoms with van der Waals surface area (Å²) in [6, 6.07) is 0. The molecule has 28 heavy (non-hydrogen) atoms. The van der Waals surface area contributed by atoms with E-state index in [9.17, 15) is 0 Å². The molecule has 2 atom stereocenters. The van der Waals surface area contributed by atoms with E-state index in [0.29, 0.717) is 24.9 Å². The fraction of sp³-hybridized carbons (Fsp3) is 0.842. The Morgan fingerprint density at radius 2 is 2.11 bits per heavy atom. The lowest BCUT2D eigenvalue weighted by molar-refractivity contribution is 0.0683. The van der Waals surface area contributed by atoms with Gasteiger partial charge in [-0.1, -0.05) is 11.6 Å². The van der Waals surface area contributed by atoms with Crippen molar-refractivity contribution in [2.75, 3.05) is 46.4 Å². The van der Waals surface area contributed by atoms with Crippen LogP contribution >= 0.6 is 24.0 Å². The van der Waals surface area contributed by atoms with E-state index < -0.39 is 0 Å². The topological polar surface area (TPSA) is 79.0 Å². The van der Waals surface area contributed by atoms with Crippen LogP contribution in [0.3, 0.4) is 0 Å². The van der Waals surface area contributed by atoms with Crippen LogP contribution in [-0.2, 0) is 11.3 Å². The summed E-state index contributed by atoms with van der Waals surface area (Å²) in [5.41, 5.74) is 0. The van der Waals surface area contributed by atoms with Crippen molar-refractivity contribution < 1.29 is 9.26 Å². The highest BCUT2D eigenvalue weighted by atomic mass is 127. The van der Waals surface area contributed by atoms with Crippen molar-refractivity contribution in [3.8, 4) is 0 Å². The summed E-state index contributed by atoms with van der Waals surface area (Å²) in [6.07, 6.45) is 5.18. The van der Waals surface area contributed by atoms with Gasteiger partial charge in [0.15, 0.2) is 11.8 Å². The lowest BCUT2D eigenvalue weighted by Crippen LogP contribution is -2.41. The van der Waals surface area contributed by atoms with Crippen molar-refractivity contribution in [3.63, 3.8) is 0 Å². The standard InChI is InChI=1S/C19H34N6O2.HI/c1-4-26-15(2)18-22-17(27-23-18)12-21-19(20-3)25-11-8-16(14-25)13-24-9-6-5-7-10-24;/h15-16H,4-14H2,1-3H3,(H,20,21);1H. The number of halogens is 1. The summed E-state index contributed by atoms with van der Waals surface area (Å²) < 4.78 is 10.8. The van der Waals surface area contributed by atoms with Gasteiger partial charge >= 0.3 is 0 Å². The van der Waals surface area contributed by atoms with Gasteiger partial charge in [-0.25, -0.2) is 0 Å². The van der Waals surface area contributed by atoms with Crippen LogP contribution in [0.5, 0.6) is 0 Å². The molecule has 2 aliphatic heterocycles. The first-order valence-corrected chi connectivity index (χ1v) is 10.3. The maximum atomic E-state index is 5.50. The zero-order valence-electron chi connectivity index (χ0n) is 17.4. The molecule has 9 heteroatoms. The van der Waals surface area contributed by atoms with Crippen molar-refractivity contribution >= 4 is 29.9 Å². The number of rotatable bonds is 7. The van der Waals surface area contributed by atoms with Crippen LogP contribution in [0, 0.1) is 5.92 Å². The number of nitrogens with zero attached hydrogens (tertiary/aromatic N) is 5. The molecule has 160 valence electrons. The number of guanidine groups is 1. The molecule has 0 radical (unpaired) electrons. The lowest BCUT2D eigenvalue weighted by atomic mass is 10.1. The van der Waals surface area contributed by atoms with Crippen molar-refractivity contribution in [1.29, 1.82) is 0 Å². The summed E-state index contributed by atoms with van der Waals surface area (Å²) >= 11 is 0. The molecule has 1 aromatic heterocycles. The van der Waals surface area contributed by atoms with Gasteiger partial charge in [-0.2, -0.15) is 4.98 Å². The first-order valence-electron chi connectivity index (χ1n) is 10.3. The summed E-state index contributed by atoms with van der Waals surface area (Å²) in [7, 11) is 1.83. The first kappa shape index (κ1) is 23.3. The smallest absolute Gasteiger partial charge is 0.246 e. The Hall–Kier alpha value is -0.940. The number of ether oxygens (including phenoxy) is 1. The van der Waals surface area contributed by atoms with Gasteiger partial charge in [-0.3, -0.25) is 4.99 Å². The van der Waals surface area contributed by atoms with Crippen molar-refractivity contribution in [3.05, 3.63) is 11.7 Å². The predicted octanol–water partition coefficient (Wildman–Crippen LogP) is 2.67. The van der Waals surface area contributed by atoms with E-state index in [1.54, 1.807) is 0 Å². The summed E-state index contributed by atoms with van der Waals surface area (Å²) in [4.78, 5) is 13.8. The molecule has 2 saturated heterocycles. The molecule has 3 rings (SSSR count). The van der Waals surface area contributed by atoms with E-state index in [2.05, 4.69) is 30.2 Å². The number of nitrogens with one attached hydrogen (secondary N) is 1. The highest BCUT2D eigenvalue weighted by Crippen LogP contribution is 2.20. The van der Waals surface area contributed by atoms with Crippen molar-refractivity contribution in [1.82, 2.24) is 25.3 Å². The Labute approximate surface area is 185 Å². The van der Waals surface area contributed by atoms with E-state index in [1.165, 1.54) is 45.3 Å². The third kappa shape index (κ3) is 6.55. The van der Waals surface area contributed by atoms with Gasteiger partial charge in [0, 0.05) is 33.3 Å². The van der Waals surface area contributed by atoms with Gasteiger partial charge in [0.2, 0.25) is 5.89 Å². The van der Waals surface area contributed by atoms with Gasteiger partial charge < -0.3 is 24.4 Å². The van der Waals surface area contributed by atoms with Gasteiger partial charge in [-0.05, 0) is 52.1 Å². The number of hydrogen-bond donors (Lipinski definition) is 1. The summed E-state index contributed by atoms with van der Waals surface area (Å²) in [5.74, 6) is 2.78. The lowest BCUT2D eigenvalue weighted by Gasteiger charge is -2.29. The molecule has 2 unspecified atom stereocenters. The SMILES string of the molecule is CCOC(C)c1noc(CNC(=NC)N2CCC(CN3CCCCC3)C2)n1.I. The molecule has 2 fully saturated rings. The second kappa shape index (κ2) is 11.9. The highest BCUT2D eigenvalue weighted by molar-refractivity contribution is 14.0. The molecular weight excluding hydrogens is 471 g/mol. The summed E-state index contributed by atoms with van der Waals surface area (Å²) in [6.45, 7) is 10.9. The zero-order valence-corrected chi connectivity index (χ0v) is 19.7. The number of hydrogen-bond acceptors (Lipinski definition) is 6. The minimum atomic E-state index is -0.152. The Balaban J connectivity index is 0.00000280. The van der Waals surface area contributed by atoms with Gasteiger partial charge in [0.25, 0.3) is 0 Å². The molecule has 0 bridgehead atoms. The van der Waals surface area contributed by atoms with Crippen LogP contribution in [0.4, 0.5) is 0 Å². The molecule has 8 nitrogen and oxygen atoms in total. The Morgan fingerprint density at radius 3 is 2.82 bits per heavy atom. The predicted molar refractivity (Wildman–Crippen MR) is 120 cm³/mol. The van der Waals surface area contributed by atoms with Gasteiger partial charge in [-0.15, -0.1) is 24.0 Å². The van der Waals surface area contributed by atoms with Crippen LogP contribution in [0.1, 0.15) is 57.3 Å². The van der Waals surface area contributed by atoms with E-state index >= 15 is 0 Å². The van der Waals surface area contributed by atoms with Crippen molar-refractivity contribution in [2.24, 2.45) is 10.9 Å². The molecule has 0 saturated carbocycles. The number of aromatic nitrogens is 2. The molecule has 0 spiro atoms. The zero-order chi connectivity index (χ0) is 19.1. The van der Waals surface area contributed by atoms with Crippen LogP contribution in [0.2, 0.25) is 0 Å². The fourth-order valence-electron chi connectivity index (χ4n) is 4.00. The Kier molecular flexibility index (Phi) is 9.93. The minimum absolute atomic E-state index is 0. The maximum absolute atomic E-state index is 5.50. The highest BCUT2D eigenvalue weighted by Gasteiger charge is 2.27. The van der Waals surface area contributed by atoms with E-state index in [1.807, 2.05) is 20.9 Å². The van der Waals surface area contributed by atoms with E-state index in [-0.39, 0.29) is 30.1 Å². The number of likely N-dealkylation sites (tertiary alicyclic amines) is 2. The molecular formula is C19H35IN6O2. The third-order valence-corrected chi connectivity index (χ3v) is 5.42. The van der Waals surface area contributed by atoms with Crippen LogP contribution < -0.4 is 5.32 Å². The molecule has 0 amide bonds. The molecule has 1 aromatic rings. The molecule has 1 N–H and O–H groups in total. The van der Waals surface area contributed by atoms with Gasteiger partial charge in [0.1, 0.15) is 6.10 Å². The van der Waals surface area contributed by atoms with E-state index in [4.69, 9.17) is 9.26 Å². The average molecular weight is 506 g/mol. The van der Waals surface area contributed by atoms with Gasteiger partial charge in [0.05, 0.1) is 6.54 Å². The largest absolute Gasteiger partial charge is 0.371 e. The average Bonchev–Trinajstić information content (AvgIpc) is 3.33. The Bertz CT molecular complexity index is 605. The maximum Gasteiger partial charge on any atom is 0.246 e. The first-order chi connectivity index (χ1) is 13.2. The Morgan fingerprint density at radius 1 is 1.32 bits per heavy atom. The molecule has 3 heterocycles. The molecule has 0 aromatic carbocycles. The number of piperidine rings is 1. The summed E-state index contributed by atoms with van der Waals surface area (Å²) in [5, 5.41) is 7.36. The monoisotopic (exact) mass is 506 g/mol. The molecule has 0 aliphatic carbocycles.